The normalized spacial score (nSPS) is 15.7. The van der Waals surface area contributed by atoms with Crippen LogP contribution in [0.25, 0.3) is 0 Å². The summed E-state index contributed by atoms with van der Waals surface area (Å²) in [6.45, 7) is 0. The fraction of sp³-hybridized carbons (Fsp3) is 0.467. The Labute approximate surface area is 117 Å². The van der Waals surface area contributed by atoms with Crippen LogP contribution in [0.3, 0.4) is 0 Å². The Balaban J connectivity index is 2.15. The molecule has 0 unspecified atom stereocenters. The van der Waals surface area contributed by atoms with Crippen LogP contribution in [0.5, 0.6) is 11.5 Å². The Morgan fingerprint density at radius 3 is 2.55 bits per heavy atom. The number of carbonyl (C=O) groups excluding carboxylic acids is 2. The van der Waals surface area contributed by atoms with Gasteiger partial charge in [0, 0.05) is 0 Å². The van der Waals surface area contributed by atoms with E-state index in [1.54, 1.807) is 0 Å². The zero-order valence-corrected chi connectivity index (χ0v) is 11.4. The number of benzene rings is 1. The standard InChI is InChI=1S/C15H18O5/c1-19-15(18)12-9-11(16)7-8-13(12)20-14(17)10-5-3-2-4-6-10/h7-10,16H,2-6H2,1H3. The van der Waals surface area contributed by atoms with Gasteiger partial charge in [0.25, 0.3) is 0 Å². The van der Waals surface area contributed by atoms with Crippen LogP contribution < -0.4 is 4.74 Å². The molecule has 5 heteroatoms. The molecule has 0 aliphatic heterocycles. The van der Waals surface area contributed by atoms with E-state index in [0.29, 0.717) is 0 Å². The minimum Gasteiger partial charge on any atom is -0.508 e. The molecule has 1 N–H and O–H groups in total. The molecule has 1 aliphatic rings. The van der Waals surface area contributed by atoms with E-state index in [9.17, 15) is 14.7 Å². The Bertz CT molecular complexity index is 503. The molecule has 1 saturated carbocycles. The molecule has 20 heavy (non-hydrogen) atoms. The highest BCUT2D eigenvalue weighted by Gasteiger charge is 2.25. The molecule has 108 valence electrons. The number of hydrogen-bond acceptors (Lipinski definition) is 5. The summed E-state index contributed by atoms with van der Waals surface area (Å²) in [5.74, 6) is -1.02. The maximum absolute atomic E-state index is 12.1. The molecule has 5 nitrogen and oxygen atoms in total. The number of carbonyl (C=O) groups is 2. The lowest BCUT2D eigenvalue weighted by atomic mass is 9.89. The number of ether oxygens (including phenoxy) is 2. The fourth-order valence-electron chi connectivity index (χ4n) is 2.41. The second-order valence-electron chi connectivity index (χ2n) is 4.93. The van der Waals surface area contributed by atoms with Crippen molar-refractivity contribution in [1.29, 1.82) is 0 Å². The van der Waals surface area contributed by atoms with Crippen molar-refractivity contribution in [3.05, 3.63) is 23.8 Å². The monoisotopic (exact) mass is 278 g/mol. The summed E-state index contributed by atoms with van der Waals surface area (Å²) in [6, 6.07) is 4.01. The molecule has 0 heterocycles. The molecule has 0 atom stereocenters. The van der Waals surface area contributed by atoms with E-state index >= 15 is 0 Å². The summed E-state index contributed by atoms with van der Waals surface area (Å²) in [6.07, 6.45) is 4.85. The molecule has 1 aromatic carbocycles. The second-order valence-corrected chi connectivity index (χ2v) is 4.93. The predicted octanol–water partition coefficient (Wildman–Crippen LogP) is 2.66. The van der Waals surface area contributed by atoms with Crippen LogP contribution in [0.1, 0.15) is 42.5 Å². The molecule has 2 rings (SSSR count). The van der Waals surface area contributed by atoms with E-state index in [-0.39, 0.29) is 28.9 Å². The highest BCUT2D eigenvalue weighted by Crippen LogP contribution is 2.28. The molecular weight excluding hydrogens is 260 g/mol. The van der Waals surface area contributed by atoms with Crippen LogP contribution >= 0.6 is 0 Å². The topological polar surface area (TPSA) is 72.8 Å². The summed E-state index contributed by atoms with van der Waals surface area (Å²) >= 11 is 0. The summed E-state index contributed by atoms with van der Waals surface area (Å²) in [5, 5.41) is 9.42. The summed E-state index contributed by atoms with van der Waals surface area (Å²) in [5.41, 5.74) is 0.0525. The molecule has 1 aliphatic carbocycles. The molecule has 0 saturated heterocycles. The minimum absolute atomic E-state index is 0.0525. The lowest BCUT2D eigenvalue weighted by molar-refractivity contribution is -0.140. The van der Waals surface area contributed by atoms with Crippen LogP contribution in [0.2, 0.25) is 0 Å². The second kappa shape index (κ2) is 6.41. The Kier molecular flexibility index (Phi) is 4.61. The lowest BCUT2D eigenvalue weighted by Crippen LogP contribution is -2.23. The van der Waals surface area contributed by atoms with Crippen molar-refractivity contribution in [2.45, 2.75) is 32.1 Å². The van der Waals surface area contributed by atoms with Crippen LogP contribution in [0.4, 0.5) is 0 Å². The number of rotatable bonds is 3. The van der Waals surface area contributed by atoms with Crippen molar-refractivity contribution in [2.75, 3.05) is 7.11 Å². The van der Waals surface area contributed by atoms with E-state index in [2.05, 4.69) is 4.74 Å². The van der Waals surface area contributed by atoms with Gasteiger partial charge in [0.2, 0.25) is 0 Å². The Morgan fingerprint density at radius 1 is 1.20 bits per heavy atom. The summed E-state index contributed by atoms with van der Waals surface area (Å²) in [7, 11) is 1.24. The number of hydrogen-bond donors (Lipinski definition) is 1. The molecule has 0 amide bonds. The van der Waals surface area contributed by atoms with Gasteiger partial charge < -0.3 is 14.6 Å². The van der Waals surface area contributed by atoms with Crippen LogP contribution in [-0.2, 0) is 9.53 Å². The first-order chi connectivity index (χ1) is 9.61. The number of esters is 2. The quantitative estimate of drug-likeness (QED) is 0.679. The molecule has 0 aromatic heterocycles. The van der Waals surface area contributed by atoms with Gasteiger partial charge >= 0.3 is 11.9 Å². The number of phenols is 1. The predicted molar refractivity (Wildman–Crippen MR) is 71.7 cm³/mol. The maximum Gasteiger partial charge on any atom is 0.341 e. The van der Waals surface area contributed by atoms with Crippen molar-refractivity contribution in [3.8, 4) is 11.5 Å². The van der Waals surface area contributed by atoms with Crippen molar-refractivity contribution in [2.24, 2.45) is 5.92 Å². The van der Waals surface area contributed by atoms with Gasteiger partial charge in [-0.2, -0.15) is 0 Å². The van der Waals surface area contributed by atoms with Gasteiger partial charge in [-0.1, -0.05) is 19.3 Å². The van der Waals surface area contributed by atoms with Gasteiger partial charge in [0.15, 0.2) is 0 Å². The third-order valence-electron chi connectivity index (χ3n) is 3.52. The average Bonchev–Trinajstić information content (AvgIpc) is 2.49. The van der Waals surface area contributed by atoms with E-state index in [4.69, 9.17) is 4.74 Å². The van der Waals surface area contributed by atoms with Gasteiger partial charge in [0.1, 0.15) is 17.1 Å². The molecule has 1 fully saturated rings. The molecule has 1 aromatic rings. The lowest BCUT2D eigenvalue weighted by Gasteiger charge is -2.20. The number of aromatic hydroxyl groups is 1. The third-order valence-corrected chi connectivity index (χ3v) is 3.52. The summed E-state index contributed by atoms with van der Waals surface area (Å²) in [4.78, 5) is 23.7. The van der Waals surface area contributed by atoms with Gasteiger partial charge in [-0.05, 0) is 31.0 Å². The van der Waals surface area contributed by atoms with Gasteiger partial charge in [-0.3, -0.25) is 4.79 Å². The molecule has 0 spiro atoms. The fourth-order valence-corrected chi connectivity index (χ4v) is 2.41. The Morgan fingerprint density at radius 2 is 1.90 bits per heavy atom. The smallest absolute Gasteiger partial charge is 0.341 e. The highest BCUT2D eigenvalue weighted by atomic mass is 16.5. The SMILES string of the molecule is COC(=O)c1cc(O)ccc1OC(=O)C1CCCCC1. The van der Waals surface area contributed by atoms with E-state index in [0.717, 1.165) is 32.1 Å². The first-order valence-corrected chi connectivity index (χ1v) is 6.75. The zero-order chi connectivity index (χ0) is 14.5. The number of phenolic OH excluding ortho intramolecular Hbond substituents is 1. The summed E-state index contributed by atoms with van der Waals surface area (Å²) < 4.78 is 9.93. The molecule has 0 radical (unpaired) electrons. The third kappa shape index (κ3) is 3.29. The molecule has 0 bridgehead atoms. The van der Waals surface area contributed by atoms with Crippen molar-refractivity contribution < 1.29 is 24.2 Å². The zero-order valence-electron chi connectivity index (χ0n) is 11.4. The van der Waals surface area contributed by atoms with E-state index < -0.39 is 5.97 Å². The highest BCUT2D eigenvalue weighted by molar-refractivity contribution is 5.94. The Hall–Kier alpha value is -2.04. The van der Waals surface area contributed by atoms with Gasteiger partial charge in [-0.25, -0.2) is 4.79 Å². The first-order valence-electron chi connectivity index (χ1n) is 6.75. The van der Waals surface area contributed by atoms with Crippen LogP contribution in [0.15, 0.2) is 18.2 Å². The van der Waals surface area contributed by atoms with Crippen molar-refractivity contribution in [3.63, 3.8) is 0 Å². The van der Waals surface area contributed by atoms with Crippen LogP contribution in [-0.4, -0.2) is 24.2 Å². The van der Waals surface area contributed by atoms with E-state index in [1.807, 2.05) is 0 Å². The molecular formula is C15H18O5. The van der Waals surface area contributed by atoms with Crippen LogP contribution in [0, 0.1) is 5.92 Å². The van der Waals surface area contributed by atoms with E-state index in [1.165, 1.54) is 25.3 Å². The van der Waals surface area contributed by atoms with Crippen molar-refractivity contribution >= 4 is 11.9 Å². The first kappa shape index (κ1) is 14.4. The number of methoxy groups -OCH3 is 1. The maximum atomic E-state index is 12.1. The van der Waals surface area contributed by atoms with Gasteiger partial charge in [0.05, 0.1) is 13.0 Å². The van der Waals surface area contributed by atoms with Gasteiger partial charge in [-0.15, -0.1) is 0 Å². The average molecular weight is 278 g/mol. The largest absolute Gasteiger partial charge is 0.508 e. The van der Waals surface area contributed by atoms with Crippen molar-refractivity contribution in [1.82, 2.24) is 0 Å². The minimum atomic E-state index is -0.646.